The van der Waals surface area contributed by atoms with Gasteiger partial charge in [0.15, 0.2) is 40.0 Å². The van der Waals surface area contributed by atoms with Crippen molar-refractivity contribution in [3.8, 4) is 0 Å². The minimum Gasteiger partial charge on any atom is -0.403 e. The molecule has 6 aliphatic carbocycles. The highest BCUT2D eigenvalue weighted by Crippen LogP contribution is 2.63. The number of aliphatic imine (C=N–C) groups is 4. The molecule has 6 heterocycles. The number of fused-ring (bicyclic) bond motifs is 18. The molecule has 13 heteroatoms. The Balaban J connectivity index is 1.06. The lowest BCUT2D eigenvalue weighted by Gasteiger charge is -2.59. The van der Waals surface area contributed by atoms with Crippen LogP contribution in [0.1, 0.15) is 215 Å². The first-order valence-corrected chi connectivity index (χ1v) is 44.4. The van der Waals surface area contributed by atoms with Crippen LogP contribution in [0, 0.1) is 0 Å². The summed E-state index contributed by atoms with van der Waals surface area (Å²) < 4.78 is 26.4. The fraction of sp³-hybridized carbons (Fsp3) is 0.429. The number of hydrogen-bond acceptors (Lipinski definition) is 8. The van der Waals surface area contributed by atoms with E-state index < -0.39 is 25.5 Å². The largest absolute Gasteiger partial charge is 0.582 e. The van der Waals surface area contributed by atoms with E-state index in [1.165, 1.54) is 214 Å². The van der Waals surface area contributed by atoms with Crippen molar-refractivity contribution in [3.05, 3.63) is 179 Å². The third-order valence-electron chi connectivity index (χ3n) is 26.2. The van der Waals surface area contributed by atoms with Crippen LogP contribution in [-0.4, -0.2) is 57.3 Å². The van der Waals surface area contributed by atoms with Gasteiger partial charge in [-0.15, -0.1) is 0 Å². The molecule has 6 saturated carbocycles. The van der Waals surface area contributed by atoms with Crippen molar-refractivity contribution in [1.82, 2.24) is 8.47 Å². The van der Waals surface area contributed by atoms with Crippen LogP contribution in [-0.2, 0) is 8.23 Å². The minimum absolute atomic E-state index is 0.471. The number of nitrogens with zero attached hydrogens (tertiary/aromatic N) is 8. The summed E-state index contributed by atoms with van der Waals surface area (Å²) >= 11 is 0. The smallest absolute Gasteiger partial charge is 0.403 e. The zero-order valence-corrected chi connectivity index (χ0v) is 59.4. The zero-order chi connectivity index (χ0) is 63.8. The Labute approximate surface area is 572 Å². The van der Waals surface area contributed by atoms with E-state index in [9.17, 15) is 8.23 Å². The SMILES string of the molecule is c1ccc2cc3c(cc2c1)C1=NC3=Nc2c3cc4ccccc4cc3c3n2[Si](O[Si](C2CCCCC2)(C2CCCCC2)C2CCCCC2)(O[Si](C2CCCCC2)(C2CCCCC2)C2CCCCC2)n2c(c4cc5ccccc5cc4c2=NC2=NC(=N3)c3cc4ccccc4cc32)=N1. The summed E-state index contributed by atoms with van der Waals surface area (Å²) in [6.07, 6.45) is 37.8. The molecular formula is C84H90N8O2Si3. The molecule has 0 amide bonds. The average Bonchev–Trinajstić information content (AvgIpc) is 1.58. The van der Waals surface area contributed by atoms with Crippen LogP contribution >= 0.6 is 0 Å². The third kappa shape index (κ3) is 9.52. The quantitative estimate of drug-likeness (QED) is 0.127. The molecule has 2 aromatic heterocycles. The molecule has 8 aromatic carbocycles. The lowest BCUT2D eigenvalue weighted by atomic mass is 9.98. The highest BCUT2D eigenvalue weighted by atomic mass is 28.5. The standard InChI is InChI=1S/C84H90N8O2Si3/c1-7-35-63(36-8-1)95(64-37-9-2-10-38-64,65-39-11-3-12-40-65)93-97(94-96(66-41-13-4-14-42-66,67-43-15-5-16-44-67)68-45-17-6-18-46-68)91-81-73-51-59-31-23-24-32-60(59)52-74(73)83(91)89-79-71-49-57-29-21-22-30-58(57)50-72(71)80(86-79)90-84-76-54-62-34-26-25-33-61(62)53-75(76)82(92(84)97)88-78-70-48-56-28-20-19-27-55(56)47-69(70)77(85-78)87-81/h19-34,47-54,63-68H,1-18,35-46H2. The molecule has 0 unspecified atom stereocenters. The van der Waals surface area contributed by atoms with Crippen LogP contribution in [0.25, 0.3) is 64.6 Å². The van der Waals surface area contributed by atoms with Crippen LogP contribution in [0.4, 0.5) is 11.6 Å². The molecule has 0 spiro atoms. The molecule has 490 valence electrons. The summed E-state index contributed by atoms with van der Waals surface area (Å²) in [5.41, 5.74) is 8.54. The van der Waals surface area contributed by atoms with E-state index in [-0.39, 0.29) is 0 Å². The van der Waals surface area contributed by atoms with Crippen molar-refractivity contribution in [3.63, 3.8) is 0 Å². The maximum absolute atomic E-state index is 10.4. The van der Waals surface area contributed by atoms with Crippen molar-refractivity contribution in [2.24, 2.45) is 30.0 Å². The van der Waals surface area contributed by atoms with E-state index in [1.807, 2.05) is 0 Å². The maximum Gasteiger partial charge on any atom is 0.582 e. The van der Waals surface area contributed by atoms with Crippen molar-refractivity contribution in [2.75, 3.05) is 0 Å². The second-order valence-electron chi connectivity index (χ2n) is 31.4. The fourth-order valence-electron chi connectivity index (χ4n) is 21.9. The Bertz CT molecular complexity index is 4720. The van der Waals surface area contributed by atoms with Gasteiger partial charge in [-0.2, -0.15) is 0 Å². The minimum atomic E-state index is -4.79. The summed E-state index contributed by atoms with van der Waals surface area (Å²) in [4.78, 5) is 37.5. The molecule has 6 fully saturated rings. The Morgan fingerprint density at radius 3 is 0.773 bits per heavy atom. The summed E-state index contributed by atoms with van der Waals surface area (Å²) in [5.74, 6) is 4.45. The second kappa shape index (κ2) is 24.0. The lowest BCUT2D eigenvalue weighted by Crippen LogP contribution is -2.75. The molecule has 10 aliphatic rings. The molecular weight excluding hydrogens is 1240 g/mol. The van der Waals surface area contributed by atoms with Gasteiger partial charge in [0.25, 0.3) is 0 Å². The fourth-order valence-corrected chi connectivity index (χ4v) is 45.4. The average molecular weight is 1330 g/mol. The van der Waals surface area contributed by atoms with Gasteiger partial charge in [0, 0.05) is 43.8 Å². The van der Waals surface area contributed by atoms with Crippen molar-refractivity contribution in [2.45, 2.75) is 226 Å². The van der Waals surface area contributed by atoms with Gasteiger partial charge in [0.1, 0.15) is 22.6 Å². The summed E-state index contributed by atoms with van der Waals surface area (Å²) in [6.45, 7) is 0. The summed E-state index contributed by atoms with van der Waals surface area (Å²) in [5, 5.41) is 13.6. The van der Waals surface area contributed by atoms with Crippen LogP contribution in [0.3, 0.4) is 0 Å². The Morgan fingerprint density at radius 1 is 0.268 bits per heavy atom. The lowest BCUT2D eigenvalue weighted by molar-refractivity contribution is 0.252. The van der Waals surface area contributed by atoms with Crippen LogP contribution in [0.15, 0.2) is 176 Å². The van der Waals surface area contributed by atoms with Crippen LogP contribution in [0.5, 0.6) is 0 Å². The molecule has 97 heavy (non-hydrogen) atoms. The zero-order valence-electron chi connectivity index (χ0n) is 56.4. The molecule has 10 nitrogen and oxygen atoms in total. The second-order valence-corrected chi connectivity index (χ2v) is 43.3. The predicted octanol–water partition coefficient (Wildman–Crippen LogP) is 21.9. The molecule has 4 aliphatic heterocycles. The number of aromatic nitrogens is 2. The van der Waals surface area contributed by atoms with E-state index in [0.29, 0.717) is 56.6 Å². The van der Waals surface area contributed by atoms with Gasteiger partial charge in [-0.25, -0.2) is 30.0 Å². The monoisotopic (exact) mass is 1330 g/mol. The third-order valence-corrected chi connectivity index (χ3v) is 44.3. The molecule has 0 N–H and O–H groups in total. The van der Waals surface area contributed by atoms with E-state index >= 15 is 0 Å². The van der Waals surface area contributed by atoms with E-state index in [2.05, 4.69) is 154 Å². The predicted molar refractivity (Wildman–Crippen MR) is 406 cm³/mol. The first kappa shape index (κ1) is 59.8. The van der Waals surface area contributed by atoms with Crippen LogP contribution in [0.2, 0.25) is 33.2 Å². The van der Waals surface area contributed by atoms with Gasteiger partial charge >= 0.3 is 8.88 Å². The first-order chi connectivity index (χ1) is 48.0. The van der Waals surface area contributed by atoms with Crippen molar-refractivity contribution >= 4 is 125 Å². The van der Waals surface area contributed by atoms with Crippen LogP contribution < -0.4 is 11.0 Å². The molecule has 10 aromatic rings. The number of rotatable bonds is 10. The highest BCUT2D eigenvalue weighted by molar-refractivity contribution is 6.92. The van der Waals surface area contributed by atoms with Gasteiger partial charge < -0.3 is 8.23 Å². The maximum atomic E-state index is 10.4. The normalized spacial score (nSPS) is 21.5. The first-order valence-electron chi connectivity index (χ1n) is 38.4. The van der Waals surface area contributed by atoms with Crippen molar-refractivity contribution in [1.29, 1.82) is 0 Å². The molecule has 6 bridgehead atoms. The van der Waals surface area contributed by atoms with Gasteiger partial charge in [-0.05, 0) is 125 Å². The van der Waals surface area contributed by atoms with Crippen molar-refractivity contribution < 1.29 is 8.23 Å². The Morgan fingerprint density at radius 2 is 0.505 bits per heavy atom. The Hall–Kier alpha value is -7.27. The van der Waals surface area contributed by atoms with Gasteiger partial charge in [0.05, 0.1) is 0 Å². The number of benzene rings is 8. The molecule has 20 rings (SSSR count). The molecule has 0 radical (unpaired) electrons. The Kier molecular flexibility index (Phi) is 14.8. The van der Waals surface area contributed by atoms with Gasteiger partial charge in [0.2, 0.25) is 0 Å². The van der Waals surface area contributed by atoms with E-state index in [0.717, 1.165) is 88.0 Å². The van der Waals surface area contributed by atoms with Gasteiger partial charge in [-0.3, -0.25) is 8.47 Å². The van der Waals surface area contributed by atoms with Gasteiger partial charge in [-0.1, -0.05) is 290 Å². The topological polar surface area (TPSA) is 102 Å². The molecule has 0 atom stereocenters. The van der Waals surface area contributed by atoms with E-state index in [4.69, 9.17) is 30.0 Å². The molecule has 0 saturated heterocycles. The highest BCUT2D eigenvalue weighted by Gasteiger charge is 2.69. The number of amidine groups is 4. The van der Waals surface area contributed by atoms with E-state index in [1.54, 1.807) is 0 Å². The summed E-state index contributed by atoms with van der Waals surface area (Å²) in [6, 6.07) is 55.0. The summed E-state index contributed by atoms with van der Waals surface area (Å²) in [7, 11) is -11.2. The number of hydrogen-bond donors (Lipinski definition) is 0.